The van der Waals surface area contributed by atoms with Gasteiger partial charge in [0.2, 0.25) is 6.43 Å². The highest BCUT2D eigenvalue weighted by Crippen LogP contribution is 2.35. The number of amides is 1. The van der Waals surface area contributed by atoms with Gasteiger partial charge in [-0.2, -0.15) is 0 Å². The van der Waals surface area contributed by atoms with Gasteiger partial charge in [-0.3, -0.25) is 0 Å². The van der Waals surface area contributed by atoms with Crippen LogP contribution in [-0.4, -0.2) is 25.2 Å². The second-order valence-electron chi connectivity index (χ2n) is 2.71. The van der Waals surface area contributed by atoms with Gasteiger partial charge in [-0.05, 0) is 13.3 Å². The topological polar surface area (TPSA) is 38.3 Å². The van der Waals surface area contributed by atoms with Crippen LogP contribution >= 0.6 is 0 Å². The van der Waals surface area contributed by atoms with Crippen LogP contribution in [0.4, 0.5) is 13.6 Å². The van der Waals surface area contributed by atoms with Crippen molar-refractivity contribution in [2.75, 3.05) is 6.61 Å². The van der Waals surface area contributed by atoms with Gasteiger partial charge in [0.05, 0.1) is 6.61 Å². The second kappa shape index (κ2) is 3.69. The van der Waals surface area contributed by atoms with E-state index >= 15 is 0 Å². The Balaban J connectivity index is 2.14. The summed E-state index contributed by atoms with van der Waals surface area (Å²) < 4.78 is 28.4. The summed E-state index contributed by atoms with van der Waals surface area (Å²) in [6, 6.07) is -0.385. The van der Waals surface area contributed by atoms with E-state index in [0.717, 1.165) is 0 Å². The van der Waals surface area contributed by atoms with Gasteiger partial charge < -0.3 is 10.1 Å². The zero-order chi connectivity index (χ0) is 9.14. The molecule has 0 radical (unpaired) electrons. The van der Waals surface area contributed by atoms with Crippen molar-refractivity contribution >= 4 is 6.09 Å². The molecule has 1 N–H and O–H groups in total. The first kappa shape index (κ1) is 9.22. The average Bonchev–Trinajstić information content (AvgIpc) is 2.67. The molecule has 5 heteroatoms. The summed E-state index contributed by atoms with van der Waals surface area (Å²) in [7, 11) is 0. The van der Waals surface area contributed by atoms with Gasteiger partial charge in [0.15, 0.2) is 0 Å². The van der Waals surface area contributed by atoms with Gasteiger partial charge in [-0.15, -0.1) is 0 Å². The fourth-order valence-corrected chi connectivity index (χ4v) is 0.983. The summed E-state index contributed by atoms with van der Waals surface area (Å²) in [6.07, 6.45) is -2.58. The number of ether oxygens (including phenoxy) is 1. The number of carbonyl (C=O) groups excluding carboxylic acids is 1. The van der Waals surface area contributed by atoms with Crippen molar-refractivity contribution in [3.8, 4) is 0 Å². The Kier molecular flexibility index (Phi) is 2.83. The molecule has 1 rings (SSSR count). The minimum atomic E-state index is -2.34. The van der Waals surface area contributed by atoms with Crippen molar-refractivity contribution in [3.05, 3.63) is 0 Å². The molecule has 70 valence electrons. The first-order valence-corrected chi connectivity index (χ1v) is 3.86. The third kappa shape index (κ3) is 2.32. The van der Waals surface area contributed by atoms with Crippen LogP contribution in [0.25, 0.3) is 0 Å². The lowest BCUT2D eigenvalue weighted by Gasteiger charge is -2.03. The van der Waals surface area contributed by atoms with Crippen LogP contribution in [0.5, 0.6) is 0 Å². The van der Waals surface area contributed by atoms with Crippen LogP contribution in [-0.2, 0) is 4.74 Å². The molecule has 12 heavy (non-hydrogen) atoms. The highest BCUT2D eigenvalue weighted by atomic mass is 19.3. The van der Waals surface area contributed by atoms with Crippen LogP contribution in [0.2, 0.25) is 0 Å². The quantitative estimate of drug-likeness (QED) is 0.710. The van der Waals surface area contributed by atoms with Crippen molar-refractivity contribution in [1.82, 2.24) is 5.32 Å². The molecule has 1 fully saturated rings. The van der Waals surface area contributed by atoms with E-state index in [1.165, 1.54) is 0 Å². The number of rotatable bonds is 3. The molecule has 1 saturated carbocycles. The summed E-state index contributed by atoms with van der Waals surface area (Å²) in [5.74, 6) is -0.672. The predicted molar refractivity (Wildman–Crippen MR) is 38.1 cm³/mol. The minimum Gasteiger partial charge on any atom is -0.450 e. The van der Waals surface area contributed by atoms with E-state index in [1.54, 1.807) is 6.92 Å². The third-order valence-electron chi connectivity index (χ3n) is 1.74. The molecule has 2 atom stereocenters. The Bertz CT molecular complexity index is 175. The molecule has 0 aromatic carbocycles. The number of halogens is 2. The molecular weight excluding hydrogens is 168 g/mol. The summed E-state index contributed by atoms with van der Waals surface area (Å²) in [5, 5.41) is 2.35. The second-order valence-corrected chi connectivity index (χ2v) is 2.71. The van der Waals surface area contributed by atoms with Crippen LogP contribution in [0, 0.1) is 5.92 Å². The van der Waals surface area contributed by atoms with E-state index in [2.05, 4.69) is 10.1 Å². The largest absolute Gasteiger partial charge is 0.450 e. The van der Waals surface area contributed by atoms with Gasteiger partial charge >= 0.3 is 6.09 Å². The van der Waals surface area contributed by atoms with E-state index in [0.29, 0.717) is 6.42 Å². The summed E-state index contributed by atoms with van der Waals surface area (Å²) in [5.41, 5.74) is 0. The first-order valence-electron chi connectivity index (χ1n) is 3.86. The van der Waals surface area contributed by atoms with Crippen molar-refractivity contribution < 1.29 is 18.3 Å². The number of alkyl halides is 2. The monoisotopic (exact) mass is 179 g/mol. The number of carbonyl (C=O) groups is 1. The Morgan fingerprint density at radius 3 is 2.83 bits per heavy atom. The summed E-state index contributed by atoms with van der Waals surface area (Å²) in [4.78, 5) is 10.7. The molecule has 1 aliphatic rings. The number of alkyl carbamates (subject to hydrolysis) is 1. The van der Waals surface area contributed by atoms with Crippen LogP contribution in [0.3, 0.4) is 0 Å². The Labute approximate surface area is 69.1 Å². The number of hydrogen-bond acceptors (Lipinski definition) is 2. The highest BCUT2D eigenvalue weighted by molar-refractivity contribution is 5.68. The molecule has 0 aromatic rings. The van der Waals surface area contributed by atoms with Crippen LogP contribution in [0.15, 0.2) is 0 Å². The number of hydrogen-bond donors (Lipinski definition) is 1. The molecule has 0 saturated heterocycles. The van der Waals surface area contributed by atoms with Crippen molar-refractivity contribution in [1.29, 1.82) is 0 Å². The van der Waals surface area contributed by atoms with Crippen molar-refractivity contribution in [3.63, 3.8) is 0 Å². The average molecular weight is 179 g/mol. The summed E-state index contributed by atoms with van der Waals surface area (Å²) in [6.45, 7) is 1.93. The molecule has 0 aliphatic heterocycles. The predicted octanol–water partition coefficient (Wildman–Crippen LogP) is 1.39. The first-order chi connectivity index (χ1) is 5.65. The Hall–Kier alpha value is -0.870. The van der Waals surface area contributed by atoms with Gasteiger partial charge in [0.25, 0.3) is 0 Å². The minimum absolute atomic E-state index is 0.262. The molecule has 1 aliphatic carbocycles. The van der Waals surface area contributed by atoms with Crippen molar-refractivity contribution in [2.24, 2.45) is 5.92 Å². The molecule has 0 heterocycles. The molecule has 0 aromatic heterocycles. The van der Waals surface area contributed by atoms with Gasteiger partial charge in [-0.1, -0.05) is 0 Å². The lowest BCUT2D eigenvalue weighted by atomic mass is 10.4. The normalized spacial score (nSPS) is 27.0. The highest BCUT2D eigenvalue weighted by Gasteiger charge is 2.45. The maximum atomic E-state index is 11.9. The van der Waals surface area contributed by atoms with E-state index in [1.807, 2.05) is 0 Å². The van der Waals surface area contributed by atoms with Gasteiger partial charge in [-0.25, -0.2) is 13.6 Å². The molecule has 2 unspecified atom stereocenters. The molecular formula is C7H11F2NO2. The van der Waals surface area contributed by atoms with Crippen LogP contribution in [0.1, 0.15) is 13.3 Å². The molecule has 0 spiro atoms. The zero-order valence-corrected chi connectivity index (χ0v) is 6.72. The smallest absolute Gasteiger partial charge is 0.407 e. The maximum absolute atomic E-state index is 11.9. The van der Waals surface area contributed by atoms with E-state index in [9.17, 15) is 13.6 Å². The van der Waals surface area contributed by atoms with Crippen LogP contribution < -0.4 is 5.32 Å². The maximum Gasteiger partial charge on any atom is 0.407 e. The van der Waals surface area contributed by atoms with Gasteiger partial charge in [0.1, 0.15) is 0 Å². The zero-order valence-electron chi connectivity index (χ0n) is 6.72. The standard InChI is InChI=1S/C7H11F2NO2/c1-2-12-7(11)10-5-3-4(5)6(8)9/h4-6H,2-3H2,1H3,(H,10,11). The van der Waals surface area contributed by atoms with Gasteiger partial charge in [0, 0.05) is 12.0 Å². The Morgan fingerprint density at radius 1 is 1.75 bits per heavy atom. The Morgan fingerprint density at radius 2 is 2.42 bits per heavy atom. The lowest BCUT2D eigenvalue weighted by Crippen LogP contribution is -2.28. The SMILES string of the molecule is CCOC(=O)NC1CC1C(F)F. The fourth-order valence-electron chi connectivity index (χ4n) is 0.983. The van der Waals surface area contributed by atoms with E-state index in [-0.39, 0.29) is 12.6 Å². The lowest BCUT2D eigenvalue weighted by molar-refractivity contribution is 0.115. The number of nitrogens with one attached hydrogen (secondary N) is 1. The van der Waals surface area contributed by atoms with E-state index in [4.69, 9.17) is 0 Å². The fraction of sp³-hybridized carbons (Fsp3) is 0.857. The molecule has 0 bridgehead atoms. The molecule has 1 amide bonds. The van der Waals surface area contributed by atoms with Crippen molar-refractivity contribution in [2.45, 2.75) is 25.8 Å². The third-order valence-corrected chi connectivity index (χ3v) is 1.74. The summed E-state index contributed by atoms with van der Waals surface area (Å²) >= 11 is 0. The molecule has 3 nitrogen and oxygen atoms in total. The van der Waals surface area contributed by atoms with E-state index < -0.39 is 18.4 Å².